The van der Waals surface area contributed by atoms with E-state index in [0.29, 0.717) is 22.6 Å². The molecule has 3 nitrogen and oxygen atoms in total. The highest BCUT2D eigenvalue weighted by molar-refractivity contribution is 6.33. The number of aryl methyl sites for hydroxylation is 1. The summed E-state index contributed by atoms with van der Waals surface area (Å²) in [6.07, 6.45) is 3.28. The first-order chi connectivity index (χ1) is 9.04. The molecule has 1 N–H and O–H groups in total. The van der Waals surface area contributed by atoms with Crippen molar-refractivity contribution in [2.24, 2.45) is 0 Å². The summed E-state index contributed by atoms with van der Waals surface area (Å²) >= 11 is 6.26. The molecule has 0 aliphatic rings. The van der Waals surface area contributed by atoms with Crippen molar-refractivity contribution in [2.45, 2.75) is 19.9 Å². The third-order valence-electron chi connectivity index (χ3n) is 2.84. The van der Waals surface area contributed by atoms with Gasteiger partial charge >= 0.3 is 5.97 Å². The lowest BCUT2D eigenvalue weighted by molar-refractivity contribution is -0.131. The standard InChI is InChI=1S/C14H13ClFNO2/c1-2-7-17-12-5-3-9(16)8-11(12)10(14(17)15)4-6-13(18)19/h3-6,8H,2,7H2,1H3,(H,18,19)/b6-4+. The number of carboxylic acid groups (broad SMARTS) is 1. The van der Waals surface area contributed by atoms with Gasteiger partial charge in [0.2, 0.25) is 0 Å². The summed E-state index contributed by atoms with van der Waals surface area (Å²) in [5, 5.41) is 9.74. The maximum Gasteiger partial charge on any atom is 0.328 e. The summed E-state index contributed by atoms with van der Waals surface area (Å²) in [6, 6.07) is 4.40. The predicted molar refractivity (Wildman–Crippen MR) is 73.9 cm³/mol. The van der Waals surface area contributed by atoms with Crippen LogP contribution in [0.4, 0.5) is 4.39 Å². The van der Waals surface area contributed by atoms with Gasteiger partial charge in [-0.25, -0.2) is 9.18 Å². The maximum atomic E-state index is 13.3. The lowest BCUT2D eigenvalue weighted by Gasteiger charge is -2.04. The molecule has 2 rings (SSSR count). The van der Waals surface area contributed by atoms with Gasteiger partial charge in [-0.15, -0.1) is 0 Å². The van der Waals surface area contributed by atoms with Crippen LogP contribution >= 0.6 is 11.6 Å². The molecule has 0 saturated carbocycles. The van der Waals surface area contributed by atoms with Crippen LogP contribution in [0.2, 0.25) is 5.15 Å². The zero-order valence-corrected chi connectivity index (χ0v) is 11.1. The van der Waals surface area contributed by atoms with E-state index in [1.54, 1.807) is 6.07 Å². The van der Waals surface area contributed by atoms with Crippen LogP contribution in [0.5, 0.6) is 0 Å². The van der Waals surface area contributed by atoms with Crippen LogP contribution < -0.4 is 0 Å². The van der Waals surface area contributed by atoms with Crippen molar-refractivity contribution in [3.05, 3.63) is 40.8 Å². The van der Waals surface area contributed by atoms with Gasteiger partial charge in [-0.3, -0.25) is 0 Å². The highest BCUT2D eigenvalue weighted by atomic mass is 35.5. The molecule has 0 fully saturated rings. The summed E-state index contributed by atoms with van der Waals surface area (Å²) in [7, 11) is 0. The SMILES string of the molecule is CCCn1c(Cl)c(/C=C/C(=O)O)c2cc(F)ccc21. The second-order valence-electron chi connectivity index (χ2n) is 4.19. The lowest BCUT2D eigenvalue weighted by atomic mass is 10.1. The van der Waals surface area contributed by atoms with Crippen LogP contribution in [0, 0.1) is 5.82 Å². The normalized spacial score (nSPS) is 11.5. The molecule has 0 saturated heterocycles. The number of carbonyl (C=O) groups is 1. The number of benzene rings is 1. The Hall–Kier alpha value is -1.81. The average molecular weight is 282 g/mol. The molecule has 0 atom stereocenters. The first kappa shape index (κ1) is 13.6. The second-order valence-corrected chi connectivity index (χ2v) is 4.55. The Morgan fingerprint density at radius 1 is 1.53 bits per heavy atom. The van der Waals surface area contributed by atoms with E-state index in [-0.39, 0.29) is 5.82 Å². The number of carboxylic acids is 1. The first-order valence-electron chi connectivity index (χ1n) is 5.92. The number of aromatic nitrogens is 1. The van der Waals surface area contributed by atoms with Crippen molar-refractivity contribution in [1.82, 2.24) is 4.57 Å². The molecule has 2 aromatic rings. The van der Waals surface area contributed by atoms with E-state index in [1.165, 1.54) is 18.2 Å². The van der Waals surface area contributed by atoms with E-state index in [4.69, 9.17) is 16.7 Å². The first-order valence-corrected chi connectivity index (χ1v) is 6.30. The molecule has 0 unspecified atom stereocenters. The molecule has 0 amide bonds. The molecule has 100 valence electrons. The summed E-state index contributed by atoms with van der Waals surface area (Å²) < 4.78 is 15.2. The quantitative estimate of drug-likeness (QED) is 0.863. The van der Waals surface area contributed by atoms with Crippen molar-refractivity contribution in [1.29, 1.82) is 0 Å². The molecule has 1 aromatic carbocycles. The van der Waals surface area contributed by atoms with Gasteiger partial charge in [-0.2, -0.15) is 0 Å². The Bertz CT molecular complexity index is 661. The van der Waals surface area contributed by atoms with Crippen LogP contribution in [-0.4, -0.2) is 15.6 Å². The molecule has 1 heterocycles. The highest BCUT2D eigenvalue weighted by Crippen LogP contribution is 2.32. The Labute approximate surface area is 114 Å². The van der Waals surface area contributed by atoms with E-state index < -0.39 is 5.97 Å². The van der Waals surface area contributed by atoms with Gasteiger partial charge < -0.3 is 9.67 Å². The molecule has 0 spiro atoms. The Morgan fingerprint density at radius 2 is 2.26 bits per heavy atom. The number of rotatable bonds is 4. The van der Waals surface area contributed by atoms with Gasteiger partial charge in [0.05, 0.1) is 0 Å². The Morgan fingerprint density at radius 3 is 2.89 bits per heavy atom. The van der Waals surface area contributed by atoms with Crippen molar-refractivity contribution in [2.75, 3.05) is 0 Å². The minimum atomic E-state index is -1.07. The van der Waals surface area contributed by atoms with Gasteiger partial charge in [0.1, 0.15) is 11.0 Å². The van der Waals surface area contributed by atoms with Crippen molar-refractivity contribution >= 4 is 34.5 Å². The number of fused-ring (bicyclic) bond motifs is 1. The third-order valence-corrected chi connectivity index (χ3v) is 3.25. The molecule has 5 heteroatoms. The van der Waals surface area contributed by atoms with Crippen LogP contribution in [0.15, 0.2) is 24.3 Å². The molecule has 0 radical (unpaired) electrons. The zero-order valence-electron chi connectivity index (χ0n) is 10.4. The summed E-state index contributed by atoms with van der Waals surface area (Å²) in [5.41, 5.74) is 1.34. The topological polar surface area (TPSA) is 42.2 Å². The summed E-state index contributed by atoms with van der Waals surface area (Å²) in [6.45, 7) is 2.71. The lowest BCUT2D eigenvalue weighted by Crippen LogP contribution is -1.96. The Balaban J connectivity index is 2.70. The largest absolute Gasteiger partial charge is 0.478 e. The van der Waals surface area contributed by atoms with E-state index in [2.05, 4.69) is 0 Å². The number of halogens is 2. The van der Waals surface area contributed by atoms with Crippen molar-refractivity contribution in [3.8, 4) is 0 Å². The highest BCUT2D eigenvalue weighted by Gasteiger charge is 2.14. The fourth-order valence-electron chi connectivity index (χ4n) is 2.08. The zero-order chi connectivity index (χ0) is 14.0. The average Bonchev–Trinajstić information content (AvgIpc) is 2.60. The van der Waals surface area contributed by atoms with Crippen molar-refractivity contribution < 1.29 is 14.3 Å². The van der Waals surface area contributed by atoms with Gasteiger partial charge in [-0.05, 0) is 30.7 Å². The Kier molecular flexibility index (Phi) is 3.90. The van der Waals surface area contributed by atoms with E-state index in [0.717, 1.165) is 18.0 Å². The maximum absolute atomic E-state index is 13.3. The van der Waals surface area contributed by atoms with E-state index in [1.807, 2.05) is 11.5 Å². The van der Waals surface area contributed by atoms with Crippen LogP contribution in [0.3, 0.4) is 0 Å². The van der Waals surface area contributed by atoms with Crippen LogP contribution in [0.25, 0.3) is 17.0 Å². The van der Waals surface area contributed by atoms with Gasteiger partial charge in [0.25, 0.3) is 0 Å². The van der Waals surface area contributed by atoms with Gasteiger partial charge in [0, 0.05) is 29.1 Å². The van der Waals surface area contributed by atoms with E-state index in [9.17, 15) is 9.18 Å². The molecule has 0 bridgehead atoms. The van der Waals surface area contributed by atoms with Crippen LogP contribution in [0.1, 0.15) is 18.9 Å². The fraction of sp³-hybridized carbons (Fsp3) is 0.214. The summed E-state index contributed by atoms with van der Waals surface area (Å²) in [4.78, 5) is 10.6. The number of hydrogen-bond donors (Lipinski definition) is 1. The molecular weight excluding hydrogens is 269 g/mol. The predicted octanol–water partition coefficient (Wildman–Crippen LogP) is 3.94. The molecule has 0 aliphatic carbocycles. The number of hydrogen-bond acceptors (Lipinski definition) is 1. The fourth-order valence-corrected chi connectivity index (χ4v) is 2.42. The minimum Gasteiger partial charge on any atom is -0.478 e. The number of nitrogens with zero attached hydrogens (tertiary/aromatic N) is 1. The third kappa shape index (κ3) is 2.63. The molecular formula is C14H13ClFNO2. The molecule has 0 aliphatic heterocycles. The van der Waals surface area contributed by atoms with E-state index >= 15 is 0 Å². The minimum absolute atomic E-state index is 0.372. The smallest absolute Gasteiger partial charge is 0.328 e. The molecule has 19 heavy (non-hydrogen) atoms. The van der Waals surface area contributed by atoms with Gasteiger partial charge in [0.15, 0.2) is 0 Å². The number of aliphatic carboxylic acids is 1. The van der Waals surface area contributed by atoms with Gasteiger partial charge in [-0.1, -0.05) is 18.5 Å². The monoisotopic (exact) mass is 281 g/mol. The van der Waals surface area contributed by atoms with Crippen LogP contribution in [-0.2, 0) is 11.3 Å². The van der Waals surface area contributed by atoms with Crippen molar-refractivity contribution in [3.63, 3.8) is 0 Å². The molecule has 1 aromatic heterocycles. The second kappa shape index (κ2) is 5.45. The summed E-state index contributed by atoms with van der Waals surface area (Å²) in [5.74, 6) is -1.44.